The van der Waals surface area contributed by atoms with Gasteiger partial charge in [-0.05, 0) is 26.1 Å². The van der Waals surface area contributed by atoms with Crippen LogP contribution in [0.5, 0.6) is 0 Å². The highest BCUT2D eigenvalue weighted by Gasteiger charge is 2.20. The largest absolute Gasteiger partial charge is 0.359 e. The number of nitrogens with one attached hydrogen (secondary N) is 1. The van der Waals surface area contributed by atoms with Crippen molar-refractivity contribution in [2.75, 3.05) is 46.8 Å². The van der Waals surface area contributed by atoms with E-state index < -0.39 is 0 Å². The van der Waals surface area contributed by atoms with Crippen molar-refractivity contribution in [3.05, 3.63) is 36.4 Å². The van der Waals surface area contributed by atoms with Gasteiger partial charge in [-0.3, -0.25) is 9.88 Å². The van der Waals surface area contributed by atoms with Crippen molar-refractivity contribution in [1.82, 2.24) is 30.2 Å². The van der Waals surface area contributed by atoms with E-state index in [2.05, 4.69) is 39.2 Å². The van der Waals surface area contributed by atoms with Gasteiger partial charge in [0, 0.05) is 69.8 Å². The lowest BCUT2D eigenvalue weighted by Crippen LogP contribution is -2.52. The Kier molecular flexibility index (Phi) is 6.41. The predicted molar refractivity (Wildman–Crippen MR) is 103 cm³/mol. The van der Waals surface area contributed by atoms with Crippen molar-refractivity contribution in [2.24, 2.45) is 0 Å². The summed E-state index contributed by atoms with van der Waals surface area (Å²) >= 11 is 0. The second-order valence-corrected chi connectivity index (χ2v) is 7.15. The van der Waals surface area contributed by atoms with E-state index in [1.807, 2.05) is 18.2 Å². The van der Waals surface area contributed by atoms with Crippen LogP contribution in [-0.4, -0.2) is 83.7 Å². The van der Waals surface area contributed by atoms with Crippen molar-refractivity contribution in [3.8, 4) is 11.3 Å². The van der Waals surface area contributed by atoms with E-state index in [1.54, 1.807) is 24.3 Å². The van der Waals surface area contributed by atoms with E-state index in [4.69, 9.17) is 4.52 Å². The third-order valence-electron chi connectivity index (χ3n) is 4.97. The van der Waals surface area contributed by atoms with Gasteiger partial charge in [0.2, 0.25) is 0 Å². The second kappa shape index (κ2) is 8.96. The number of amides is 2. The summed E-state index contributed by atoms with van der Waals surface area (Å²) in [6, 6.07) is 5.82. The molecule has 0 saturated carbocycles. The third-order valence-corrected chi connectivity index (χ3v) is 4.97. The summed E-state index contributed by atoms with van der Waals surface area (Å²) in [4.78, 5) is 22.8. The molecule has 0 bridgehead atoms. The van der Waals surface area contributed by atoms with E-state index in [1.165, 1.54) is 0 Å². The molecule has 8 heteroatoms. The molecular weight excluding hydrogens is 344 g/mol. The maximum atomic E-state index is 12.4. The van der Waals surface area contributed by atoms with Gasteiger partial charge in [0.25, 0.3) is 0 Å². The quantitative estimate of drug-likeness (QED) is 0.828. The summed E-state index contributed by atoms with van der Waals surface area (Å²) in [6.45, 7) is 7.37. The second-order valence-electron chi connectivity index (χ2n) is 7.15. The maximum Gasteiger partial charge on any atom is 0.317 e. The standard InChI is InChI=1S/C19H28N6O2/c1-15(25-9-7-23(2)8-10-25)12-21-19(26)24(3)14-17-11-18(22-27-17)16-5-4-6-20-13-16/h4-6,11,13,15H,7-10,12,14H2,1-3H3,(H,21,26)/t15-/m0/s1. The molecule has 1 aliphatic heterocycles. The first-order valence-corrected chi connectivity index (χ1v) is 9.30. The minimum Gasteiger partial charge on any atom is -0.359 e. The monoisotopic (exact) mass is 372 g/mol. The van der Waals surface area contributed by atoms with E-state index >= 15 is 0 Å². The predicted octanol–water partition coefficient (Wildman–Crippen LogP) is 1.51. The smallest absolute Gasteiger partial charge is 0.317 e. The maximum absolute atomic E-state index is 12.4. The van der Waals surface area contributed by atoms with Gasteiger partial charge >= 0.3 is 6.03 Å². The molecule has 0 aromatic carbocycles. The molecule has 1 saturated heterocycles. The van der Waals surface area contributed by atoms with Crippen LogP contribution in [0.3, 0.4) is 0 Å². The zero-order valence-corrected chi connectivity index (χ0v) is 16.3. The van der Waals surface area contributed by atoms with Gasteiger partial charge in [0.05, 0.1) is 6.54 Å². The number of aromatic nitrogens is 2. The van der Waals surface area contributed by atoms with Gasteiger partial charge in [0.15, 0.2) is 5.76 Å². The van der Waals surface area contributed by atoms with Crippen molar-refractivity contribution in [3.63, 3.8) is 0 Å². The van der Waals surface area contributed by atoms with Crippen molar-refractivity contribution >= 4 is 6.03 Å². The highest BCUT2D eigenvalue weighted by Crippen LogP contribution is 2.18. The topological polar surface area (TPSA) is 77.7 Å². The summed E-state index contributed by atoms with van der Waals surface area (Å²) < 4.78 is 5.36. The number of carbonyl (C=O) groups is 1. The number of likely N-dealkylation sites (N-methyl/N-ethyl adjacent to an activating group) is 1. The van der Waals surface area contributed by atoms with E-state index in [-0.39, 0.29) is 6.03 Å². The minimum atomic E-state index is -0.115. The molecule has 2 aromatic rings. The summed E-state index contributed by atoms with van der Waals surface area (Å²) in [6.07, 6.45) is 3.45. The van der Waals surface area contributed by atoms with Crippen LogP contribution < -0.4 is 5.32 Å². The first kappa shape index (κ1) is 19.3. The molecule has 1 aliphatic rings. The van der Waals surface area contributed by atoms with Crippen molar-refractivity contribution < 1.29 is 9.32 Å². The average Bonchev–Trinajstić information content (AvgIpc) is 3.15. The number of nitrogens with zero attached hydrogens (tertiary/aromatic N) is 5. The Labute approximate surface area is 160 Å². The fourth-order valence-electron chi connectivity index (χ4n) is 3.11. The van der Waals surface area contributed by atoms with Crippen molar-refractivity contribution in [1.29, 1.82) is 0 Å². The molecular formula is C19H28N6O2. The molecule has 3 heterocycles. The van der Waals surface area contributed by atoms with Gasteiger partial charge in [-0.2, -0.15) is 0 Å². The van der Waals surface area contributed by atoms with Gasteiger partial charge in [-0.15, -0.1) is 0 Å². The fourth-order valence-corrected chi connectivity index (χ4v) is 3.11. The normalized spacial score (nSPS) is 16.9. The van der Waals surface area contributed by atoms with Crippen LogP contribution in [0, 0.1) is 0 Å². The van der Waals surface area contributed by atoms with Crippen LogP contribution in [0.1, 0.15) is 12.7 Å². The molecule has 27 heavy (non-hydrogen) atoms. The summed E-state index contributed by atoms with van der Waals surface area (Å²) in [5, 5.41) is 7.07. The SMILES string of the molecule is C[C@@H](CNC(=O)N(C)Cc1cc(-c2cccnc2)no1)N1CCN(C)CC1. The molecule has 146 valence electrons. The zero-order valence-electron chi connectivity index (χ0n) is 16.3. The van der Waals surface area contributed by atoms with Crippen LogP contribution in [0.25, 0.3) is 11.3 Å². The molecule has 2 amide bonds. The Bertz CT molecular complexity index is 727. The lowest BCUT2D eigenvalue weighted by atomic mass is 10.2. The van der Waals surface area contributed by atoms with E-state index in [9.17, 15) is 4.79 Å². The highest BCUT2D eigenvalue weighted by atomic mass is 16.5. The molecule has 3 rings (SSSR count). The number of hydrogen-bond donors (Lipinski definition) is 1. The van der Waals surface area contributed by atoms with Gasteiger partial charge in [-0.25, -0.2) is 4.79 Å². The molecule has 8 nitrogen and oxygen atoms in total. The molecule has 0 aliphatic carbocycles. The Morgan fingerprint density at radius 1 is 1.37 bits per heavy atom. The number of pyridine rings is 1. The van der Waals surface area contributed by atoms with Crippen molar-refractivity contribution in [2.45, 2.75) is 19.5 Å². The van der Waals surface area contributed by atoms with E-state index in [0.717, 1.165) is 37.4 Å². The Morgan fingerprint density at radius 3 is 2.85 bits per heavy atom. The summed E-state index contributed by atoms with van der Waals surface area (Å²) in [7, 11) is 3.89. The minimum absolute atomic E-state index is 0.115. The summed E-state index contributed by atoms with van der Waals surface area (Å²) in [5.74, 6) is 0.638. The molecule has 1 atom stereocenters. The van der Waals surface area contributed by atoms with Crippen LogP contribution >= 0.6 is 0 Å². The number of urea groups is 1. The van der Waals surface area contributed by atoms with Crippen LogP contribution in [0.2, 0.25) is 0 Å². The number of rotatable bonds is 6. The first-order chi connectivity index (χ1) is 13.0. The highest BCUT2D eigenvalue weighted by molar-refractivity contribution is 5.73. The molecule has 0 radical (unpaired) electrons. The Morgan fingerprint density at radius 2 is 2.15 bits per heavy atom. The summed E-state index contributed by atoms with van der Waals surface area (Å²) in [5.41, 5.74) is 1.61. The third kappa shape index (κ3) is 5.27. The van der Waals surface area contributed by atoms with Gasteiger partial charge < -0.3 is 19.6 Å². The fraction of sp³-hybridized carbons (Fsp3) is 0.526. The molecule has 1 fully saturated rings. The molecule has 1 N–H and O–H groups in total. The Balaban J connectivity index is 1.46. The molecule has 2 aromatic heterocycles. The number of piperazine rings is 1. The van der Waals surface area contributed by atoms with E-state index in [0.29, 0.717) is 24.9 Å². The number of carbonyl (C=O) groups excluding carboxylic acids is 1. The van der Waals surface area contributed by atoms with Gasteiger partial charge in [0.1, 0.15) is 5.69 Å². The zero-order chi connectivity index (χ0) is 19.2. The van der Waals surface area contributed by atoms with Crippen LogP contribution in [0.4, 0.5) is 4.79 Å². The molecule has 0 spiro atoms. The first-order valence-electron chi connectivity index (χ1n) is 9.30. The average molecular weight is 372 g/mol. The van der Waals surface area contributed by atoms with Crippen LogP contribution in [0.15, 0.2) is 35.1 Å². The Hall–Kier alpha value is -2.45. The van der Waals surface area contributed by atoms with Crippen LogP contribution in [-0.2, 0) is 6.54 Å². The molecule has 0 unspecified atom stereocenters. The van der Waals surface area contributed by atoms with Gasteiger partial charge in [-0.1, -0.05) is 5.16 Å². The lowest BCUT2D eigenvalue weighted by molar-refractivity contribution is 0.117. The lowest BCUT2D eigenvalue weighted by Gasteiger charge is -2.36. The number of hydrogen-bond acceptors (Lipinski definition) is 6.